The molecule has 4 nitrogen and oxygen atoms in total. The summed E-state index contributed by atoms with van der Waals surface area (Å²) < 4.78 is 0. The zero-order valence-electron chi connectivity index (χ0n) is 10.9. The number of amides is 2. The summed E-state index contributed by atoms with van der Waals surface area (Å²) >= 11 is 0. The van der Waals surface area contributed by atoms with Crippen LogP contribution in [0.3, 0.4) is 0 Å². The summed E-state index contributed by atoms with van der Waals surface area (Å²) in [7, 11) is 0. The highest BCUT2D eigenvalue weighted by Gasteiger charge is 2.29. The zero-order chi connectivity index (χ0) is 12.4. The van der Waals surface area contributed by atoms with E-state index in [1.807, 2.05) is 6.92 Å². The van der Waals surface area contributed by atoms with Gasteiger partial charge < -0.3 is 15.3 Å². The van der Waals surface area contributed by atoms with Crippen LogP contribution >= 0.6 is 0 Å². The molecule has 2 fully saturated rings. The van der Waals surface area contributed by atoms with Crippen LogP contribution in [-0.2, 0) is 0 Å². The average molecular weight is 240 g/mol. The number of rotatable bonds is 3. The Morgan fingerprint density at radius 2 is 2.18 bits per heavy atom. The van der Waals surface area contributed by atoms with Crippen LogP contribution in [0.5, 0.6) is 0 Å². The highest BCUT2D eigenvalue weighted by Crippen LogP contribution is 2.33. The van der Waals surface area contributed by atoms with Crippen molar-refractivity contribution in [3.05, 3.63) is 0 Å². The molecule has 0 aromatic carbocycles. The number of carbonyl (C=O) groups is 1. The molecule has 0 aromatic heterocycles. The summed E-state index contributed by atoms with van der Waals surface area (Å²) in [6.07, 6.45) is 4.26. The molecule has 17 heavy (non-hydrogen) atoms. The van der Waals surface area contributed by atoms with Crippen LogP contribution < -0.4 is 5.32 Å². The molecule has 1 saturated carbocycles. The third-order valence-electron chi connectivity index (χ3n) is 3.96. The van der Waals surface area contributed by atoms with E-state index in [0.717, 1.165) is 25.3 Å². The van der Waals surface area contributed by atoms with E-state index in [1.54, 1.807) is 4.90 Å². The van der Waals surface area contributed by atoms with E-state index in [0.29, 0.717) is 12.5 Å². The Labute approximate surface area is 103 Å². The molecule has 0 spiro atoms. The maximum Gasteiger partial charge on any atom is 0.317 e. The second-order valence-electron chi connectivity index (χ2n) is 5.81. The molecule has 2 rings (SSSR count). The average Bonchev–Trinajstić information content (AvgIpc) is 3.05. The van der Waals surface area contributed by atoms with Crippen molar-refractivity contribution < 1.29 is 9.90 Å². The Balaban J connectivity index is 1.74. The molecule has 0 bridgehead atoms. The molecule has 3 atom stereocenters. The molecule has 1 aliphatic heterocycles. The van der Waals surface area contributed by atoms with Gasteiger partial charge in [-0.25, -0.2) is 4.79 Å². The molecule has 1 saturated heterocycles. The number of carbonyl (C=O) groups excluding carboxylic acids is 1. The van der Waals surface area contributed by atoms with Gasteiger partial charge in [0.2, 0.25) is 0 Å². The Bertz CT molecular complexity index is 279. The highest BCUT2D eigenvalue weighted by molar-refractivity contribution is 5.74. The van der Waals surface area contributed by atoms with Crippen molar-refractivity contribution in [2.24, 2.45) is 11.8 Å². The molecular weight excluding hydrogens is 216 g/mol. The molecule has 3 unspecified atom stereocenters. The number of piperidine rings is 1. The van der Waals surface area contributed by atoms with Gasteiger partial charge in [0.05, 0.1) is 6.10 Å². The van der Waals surface area contributed by atoms with E-state index in [1.165, 1.54) is 12.8 Å². The molecule has 0 aromatic rings. The third kappa shape index (κ3) is 3.60. The predicted molar refractivity (Wildman–Crippen MR) is 66.7 cm³/mol. The fourth-order valence-corrected chi connectivity index (χ4v) is 2.45. The standard InChI is InChI=1S/C13H24N2O2/c1-9-5-6-15(8-12(9)16)13(17)14-10(2)7-11-3-4-11/h9-12,16H,3-8H2,1-2H3,(H,14,17). The van der Waals surface area contributed by atoms with Gasteiger partial charge in [0, 0.05) is 19.1 Å². The molecule has 1 aliphatic carbocycles. The quantitative estimate of drug-likeness (QED) is 0.787. The molecule has 1 heterocycles. The van der Waals surface area contributed by atoms with Crippen molar-refractivity contribution in [2.45, 2.75) is 51.7 Å². The van der Waals surface area contributed by atoms with Crippen LogP contribution in [-0.4, -0.2) is 41.3 Å². The Hall–Kier alpha value is -0.770. The summed E-state index contributed by atoms with van der Waals surface area (Å²) in [6, 6.07) is 0.246. The first-order valence-corrected chi connectivity index (χ1v) is 6.79. The van der Waals surface area contributed by atoms with Crippen molar-refractivity contribution >= 4 is 6.03 Å². The third-order valence-corrected chi connectivity index (χ3v) is 3.96. The lowest BCUT2D eigenvalue weighted by Crippen LogP contribution is -2.51. The number of likely N-dealkylation sites (tertiary alicyclic amines) is 1. The van der Waals surface area contributed by atoms with Crippen LogP contribution in [0.15, 0.2) is 0 Å². The van der Waals surface area contributed by atoms with Crippen LogP contribution in [0.2, 0.25) is 0 Å². The van der Waals surface area contributed by atoms with Gasteiger partial charge in [-0.05, 0) is 31.6 Å². The topological polar surface area (TPSA) is 52.6 Å². The normalized spacial score (nSPS) is 31.1. The summed E-state index contributed by atoms with van der Waals surface area (Å²) in [5, 5.41) is 12.8. The van der Waals surface area contributed by atoms with Crippen molar-refractivity contribution in [1.82, 2.24) is 10.2 Å². The van der Waals surface area contributed by atoms with E-state index >= 15 is 0 Å². The van der Waals surface area contributed by atoms with Gasteiger partial charge >= 0.3 is 6.03 Å². The minimum Gasteiger partial charge on any atom is -0.391 e. The monoisotopic (exact) mass is 240 g/mol. The number of aliphatic hydroxyl groups excluding tert-OH is 1. The first-order valence-electron chi connectivity index (χ1n) is 6.79. The Morgan fingerprint density at radius 3 is 2.76 bits per heavy atom. The van der Waals surface area contributed by atoms with E-state index in [2.05, 4.69) is 12.2 Å². The fraction of sp³-hybridized carbons (Fsp3) is 0.923. The summed E-state index contributed by atoms with van der Waals surface area (Å²) in [6.45, 7) is 5.35. The van der Waals surface area contributed by atoms with Gasteiger partial charge in [-0.15, -0.1) is 0 Å². The first kappa shape index (κ1) is 12.7. The van der Waals surface area contributed by atoms with Crippen LogP contribution in [0, 0.1) is 11.8 Å². The fourth-order valence-electron chi connectivity index (χ4n) is 2.45. The summed E-state index contributed by atoms with van der Waals surface area (Å²) in [5.41, 5.74) is 0. The first-order chi connectivity index (χ1) is 8.06. The number of nitrogens with one attached hydrogen (secondary N) is 1. The number of hydrogen-bond donors (Lipinski definition) is 2. The van der Waals surface area contributed by atoms with E-state index in [-0.39, 0.29) is 18.2 Å². The van der Waals surface area contributed by atoms with E-state index < -0.39 is 0 Å². The SMILES string of the molecule is CC(CC1CC1)NC(=O)N1CCC(C)C(O)C1. The molecule has 4 heteroatoms. The van der Waals surface area contributed by atoms with Crippen LogP contribution in [0.25, 0.3) is 0 Å². The number of hydrogen-bond acceptors (Lipinski definition) is 2. The van der Waals surface area contributed by atoms with E-state index in [9.17, 15) is 9.90 Å². The second kappa shape index (κ2) is 5.25. The maximum absolute atomic E-state index is 12.0. The number of aliphatic hydroxyl groups is 1. The van der Waals surface area contributed by atoms with Gasteiger partial charge in [-0.1, -0.05) is 19.8 Å². The largest absolute Gasteiger partial charge is 0.391 e. The van der Waals surface area contributed by atoms with Gasteiger partial charge in [0.15, 0.2) is 0 Å². The highest BCUT2D eigenvalue weighted by atomic mass is 16.3. The minimum atomic E-state index is -0.367. The molecule has 2 N–H and O–H groups in total. The lowest BCUT2D eigenvalue weighted by molar-refractivity contribution is 0.0430. The molecule has 2 aliphatic rings. The van der Waals surface area contributed by atoms with Crippen LogP contribution in [0.1, 0.15) is 39.5 Å². The minimum absolute atomic E-state index is 0.0101. The lowest BCUT2D eigenvalue weighted by atomic mass is 9.96. The lowest BCUT2D eigenvalue weighted by Gasteiger charge is -2.34. The van der Waals surface area contributed by atoms with Gasteiger partial charge in [-0.2, -0.15) is 0 Å². The maximum atomic E-state index is 12.0. The number of β-amino-alcohol motifs (C(OH)–C–C–N with tert-alkyl or cyclic N) is 1. The van der Waals surface area contributed by atoms with Crippen LogP contribution in [0.4, 0.5) is 4.79 Å². The van der Waals surface area contributed by atoms with Crippen molar-refractivity contribution in [2.75, 3.05) is 13.1 Å². The molecule has 98 valence electrons. The predicted octanol–water partition coefficient (Wildman–Crippen LogP) is 1.59. The van der Waals surface area contributed by atoms with Crippen molar-refractivity contribution in [3.8, 4) is 0 Å². The molecule has 2 amide bonds. The summed E-state index contributed by atoms with van der Waals surface area (Å²) in [4.78, 5) is 13.7. The van der Waals surface area contributed by atoms with Gasteiger partial charge in [0.25, 0.3) is 0 Å². The molecular formula is C13H24N2O2. The Kier molecular flexibility index (Phi) is 3.92. The van der Waals surface area contributed by atoms with Gasteiger partial charge in [0.1, 0.15) is 0 Å². The van der Waals surface area contributed by atoms with Crippen molar-refractivity contribution in [1.29, 1.82) is 0 Å². The Morgan fingerprint density at radius 1 is 1.47 bits per heavy atom. The van der Waals surface area contributed by atoms with Gasteiger partial charge in [-0.3, -0.25) is 0 Å². The number of urea groups is 1. The second-order valence-corrected chi connectivity index (χ2v) is 5.81. The number of nitrogens with zero attached hydrogens (tertiary/aromatic N) is 1. The molecule has 0 radical (unpaired) electrons. The smallest absolute Gasteiger partial charge is 0.317 e. The van der Waals surface area contributed by atoms with Crippen molar-refractivity contribution in [3.63, 3.8) is 0 Å². The van der Waals surface area contributed by atoms with E-state index in [4.69, 9.17) is 0 Å². The zero-order valence-corrected chi connectivity index (χ0v) is 10.9. The summed E-state index contributed by atoms with van der Waals surface area (Å²) in [5.74, 6) is 1.14.